The molecule has 0 bridgehead atoms. The van der Waals surface area contributed by atoms with Gasteiger partial charge in [-0.2, -0.15) is 0 Å². The number of ether oxygens (including phenoxy) is 1. The summed E-state index contributed by atoms with van der Waals surface area (Å²) in [6.07, 6.45) is 1.56. The van der Waals surface area contributed by atoms with Gasteiger partial charge in [-0.25, -0.2) is 9.78 Å². The number of hydrogen-bond acceptors (Lipinski definition) is 4. The summed E-state index contributed by atoms with van der Waals surface area (Å²) >= 11 is 1.42. The van der Waals surface area contributed by atoms with Crippen LogP contribution in [0.2, 0.25) is 0 Å². The Kier molecular flexibility index (Phi) is 4.18. The summed E-state index contributed by atoms with van der Waals surface area (Å²) in [6.45, 7) is 2.54. The molecule has 1 N–H and O–H groups in total. The van der Waals surface area contributed by atoms with E-state index in [2.05, 4.69) is 4.98 Å². The minimum absolute atomic E-state index is 0.0542. The largest absolute Gasteiger partial charge is 0.489 e. The van der Waals surface area contributed by atoms with Gasteiger partial charge in [-0.15, -0.1) is 11.3 Å². The number of fused-ring (bicyclic) bond motifs is 1. The van der Waals surface area contributed by atoms with E-state index in [1.54, 1.807) is 6.20 Å². The molecule has 0 fully saturated rings. The van der Waals surface area contributed by atoms with E-state index in [0.717, 1.165) is 28.1 Å². The van der Waals surface area contributed by atoms with Crippen LogP contribution in [0, 0.1) is 6.92 Å². The zero-order chi connectivity index (χ0) is 18.1. The first-order valence-electron chi connectivity index (χ1n) is 8.09. The number of aryl methyl sites for hydroxylation is 1. The molecule has 2 aromatic heterocycles. The highest BCUT2D eigenvalue weighted by Gasteiger charge is 2.15. The molecule has 130 valence electrons. The van der Waals surface area contributed by atoms with E-state index in [1.165, 1.54) is 11.3 Å². The average Bonchev–Trinajstić information content (AvgIpc) is 3.22. The molecule has 5 nitrogen and oxygen atoms in total. The molecule has 4 rings (SSSR count). The van der Waals surface area contributed by atoms with Gasteiger partial charge in [-0.05, 0) is 36.2 Å². The molecule has 0 saturated carbocycles. The molecule has 0 atom stereocenters. The Morgan fingerprint density at radius 1 is 1.23 bits per heavy atom. The zero-order valence-electron chi connectivity index (χ0n) is 14.0. The number of rotatable bonds is 5. The summed E-state index contributed by atoms with van der Waals surface area (Å²) in [5, 5.41) is 11.1. The third kappa shape index (κ3) is 3.07. The van der Waals surface area contributed by atoms with Crippen molar-refractivity contribution < 1.29 is 14.6 Å². The second kappa shape index (κ2) is 6.65. The third-order valence-electron chi connectivity index (χ3n) is 4.15. The van der Waals surface area contributed by atoms with Gasteiger partial charge >= 0.3 is 5.97 Å². The molecule has 0 amide bonds. The van der Waals surface area contributed by atoms with Gasteiger partial charge in [0.1, 0.15) is 12.4 Å². The van der Waals surface area contributed by atoms with Crippen molar-refractivity contribution in [2.45, 2.75) is 13.5 Å². The van der Waals surface area contributed by atoms with Crippen molar-refractivity contribution in [2.24, 2.45) is 0 Å². The Hall–Kier alpha value is -3.12. The molecule has 0 saturated heterocycles. The minimum Gasteiger partial charge on any atom is -0.489 e. The molecular formula is C20H16N2O3S. The Balaban J connectivity index is 1.61. The Morgan fingerprint density at radius 2 is 2.04 bits per heavy atom. The summed E-state index contributed by atoms with van der Waals surface area (Å²) in [5.74, 6) is -0.216. The predicted octanol–water partition coefficient (Wildman–Crippen LogP) is 4.65. The monoisotopic (exact) mass is 364 g/mol. The van der Waals surface area contributed by atoms with E-state index in [-0.39, 0.29) is 5.69 Å². The lowest BCUT2D eigenvalue weighted by Crippen LogP contribution is -1.96. The number of imidazole rings is 1. The van der Waals surface area contributed by atoms with Gasteiger partial charge in [0.25, 0.3) is 0 Å². The van der Waals surface area contributed by atoms with Crippen LogP contribution in [0.5, 0.6) is 5.75 Å². The van der Waals surface area contributed by atoms with E-state index >= 15 is 0 Å². The van der Waals surface area contributed by atoms with Gasteiger partial charge in [-0.1, -0.05) is 30.3 Å². The molecule has 2 heterocycles. The van der Waals surface area contributed by atoms with E-state index in [1.807, 2.05) is 65.2 Å². The van der Waals surface area contributed by atoms with Crippen molar-refractivity contribution >= 4 is 22.3 Å². The maximum absolute atomic E-state index is 11.1. The SMILES string of the molecule is Cc1cc(OCc2ccccc2)ccc1-c1csc2nc(C(=O)O)cn12. The summed E-state index contributed by atoms with van der Waals surface area (Å²) in [7, 11) is 0. The number of nitrogens with zero attached hydrogens (tertiary/aromatic N) is 2. The van der Waals surface area contributed by atoms with Crippen LogP contribution in [-0.2, 0) is 6.61 Å². The fourth-order valence-electron chi connectivity index (χ4n) is 2.83. The molecule has 0 aliphatic carbocycles. The van der Waals surface area contributed by atoms with Crippen molar-refractivity contribution in [1.29, 1.82) is 0 Å². The van der Waals surface area contributed by atoms with Crippen LogP contribution in [0.1, 0.15) is 21.6 Å². The first-order valence-corrected chi connectivity index (χ1v) is 8.97. The summed E-state index contributed by atoms with van der Waals surface area (Å²) in [4.78, 5) is 15.9. The van der Waals surface area contributed by atoms with Crippen LogP contribution in [0.3, 0.4) is 0 Å². The van der Waals surface area contributed by atoms with Crippen LogP contribution in [-0.4, -0.2) is 20.5 Å². The smallest absolute Gasteiger partial charge is 0.356 e. The highest BCUT2D eigenvalue weighted by Crippen LogP contribution is 2.31. The topological polar surface area (TPSA) is 63.8 Å². The first-order chi connectivity index (χ1) is 12.6. The lowest BCUT2D eigenvalue weighted by atomic mass is 10.1. The molecule has 4 aromatic rings. The maximum atomic E-state index is 11.1. The molecule has 2 aromatic carbocycles. The zero-order valence-corrected chi connectivity index (χ0v) is 14.9. The van der Waals surface area contributed by atoms with Crippen molar-refractivity contribution in [3.05, 3.63) is 76.9 Å². The molecule has 0 radical (unpaired) electrons. The van der Waals surface area contributed by atoms with Crippen molar-refractivity contribution in [2.75, 3.05) is 0 Å². The molecule has 26 heavy (non-hydrogen) atoms. The molecule has 0 spiro atoms. The summed E-state index contributed by atoms with van der Waals surface area (Å²) in [5.41, 5.74) is 4.18. The Morgan fingerprint density at radius 3 is 2.77 bits per heavy atom. The number of benzene rings is 2. The molecule has 6 heteroatoms. The number of carboxylic acid groups (broad SMARTS) is 1. The van der Waals surface area contributed by atoms with Crippen molar-refractivity contribution in [3.8, 4) is 17.0 Å². The predicted molar refractivity (Wildman–Crippen MR) is 101 cm³/mol. The van der Waals surface area contributed by atoms with E-state index in [9.17, 15) is 4.79 Å². The second-order valence-electron chi connectivity index (χ2n) is 5.96. The second-order valence-corrected chi connectivity index (χ2v) is 6.79. The van der Waals surface area contributed by atoms with Gasteiger partial charge in [0.15, 0.2) is 10.7 Å². The number of carboxylic acids is 1. The highest BCUT2D eigenvalue weighted by molar-refractivity contribution is 7.15. The van der Waals surface area contributed by atoms with Crippen LogP contribution in [0.4, 0.5) is 0 Å². The number of thiazole rings is 1. The Bertz CT molecular complexity index is 1080. The molecule has 0 unspecified atom stereocenters. The standard InChI is InChI=1S/C20H16N2O3S/c1-13-9-15(25-11-14-5-3-2-4-6-14)7-8-16(13)18-12-26-20-21-17(19(23)24)10-22(18)20/h2-10,12H,11H2,1H3,(H,23,24). The van der Waals surface area contributed by atoms with Crippen LogP contribution >= 0.6 is 11.3 Å². The number of hydrogen-bond donors (Lipinski definition) is 1. The summed E-state index contributed by atoms with van der Waals surface area (Å²) in [6, 6.07) is 16.0. The third-order valence-corrected chi connectivity index (χ3v) is 4.99. The first kappa shape index (κ1) is 16.4. The quantitative estimate of drug-likeness (QED) is 0.560. The van der Waals surface area contributed by atoms with Crippen molar-refractivity contribution in [3.63, 3.8) is 0 Å². The fourth-order valence-corrected chi connectivity index (χ4v) is 3.71. The van der Waals surface area contributed by atoms with Crippen molar-refractivity contribution in [1.82, 2.24) is 9.38 Å². The van der Waals surface area contributed by atoms with E-state index < -0.39 is 5.97 Å². The number of carbonyl (C=O) groups is 1. The van der Waals surface area contributed by atoms with Crippen LogP contribution in [0.15, 0.2) is 60.1 Å². The summed E-state index contributed by atoms with van der Waals surface area (Å²) < 4.78 is 7.69. The van der Waals surface area contributed by atoms with Gasteiger partial charge in [0.2, 0.25) is 0 Å². The van der Waals surface area contributed by atoms with E-state index in [0.29, 0.717) is 11.6 Å². The Labute approximate surface area is 154 Å². The number of aromatic carboxylic acids is 1. The highest BCUT2D eigenvalue weighted by atomic mass is 32.1. The molecule has 0 aliphatic rings. The fraction of sp³-hybridized carbons (Fsp3) is 0.100. The van der Waals surface area contributed by atoms with Gasteiger partial charge in [0, 0.05) is 17.1 Å². The lowest BCUT2D eigenvalue weighted by Gasteiger charge is -2.10. The lowest BCUT2D eigenvalue weighted by molar-refractivity contribution is 0.0691. The number of aromatic nitrogens is 2. The van der Waals surface area contributed by atoms with E-state index in [4.69, 9.17) is 9.84 Å². The van der Waals surface area contributed by atoms with Gasteiger partial charge < -0.3 is 9.84 Å². The maximum Gasteiger partial charge on any atom is 0.356 e. The van der Waals surface area contributed by atoms with Crippen LogP contribution < -0.4 is 4.74 Å². The average molecular weight is 364 g/mol. The van der Waals surface area contributed by atoms with Gasteiger partial charge in [-0.3, -0.25) is 4.40 Å². The van der Waals surface area contributed by atoms with Crippen LogP contribution in [0.25, 0.3) is 16.2 Å². The molecular weight excluding hydrogens is 348 g/mol. The van der Waals surface area contributed by atoms with Gasteiger partial charge in [0.05, 0.1) is 5.69 Å². The normalized spacial score (nSPS) is 11.0. The minimum atomic E-state index is -1.02. The molecule has 0 aliphatic heterocycles.